The van der Waals surface area contributed by atoms with E-state index in [0.29, 0.717) is 37.9 Å². The molecule has 0 aliphatic heterocycles. The fourth-order valence-corrected chi connectivity index (χ4v) is 1.69. The molecule has 0 aliphatic rings. The third-order valence-corrected chi connectivity index (χ3v) is 2.71. The van der Waals surface area contributed by atoms with Gasteiger partial charge in [0.05, 0.1) is 0 Å². The molecule has 0 bridgehead atoms. The number of anilines is 1. The number of carbonyl (C=O) groups is 1. The molecule has 7 heteroatoms. The van der Waals surface area contributed by atoms with Crippen molar-refractivity contribution in [3.05, 3.63) is 17.5 Å². The van der Waals surface area contributed by atoms with Gasteiger partial charge in [-0.3, -0.25) is 4.79 Å². The first-order valence-electron chi connectivity index (χ1n) is 7.03. The molecule has 0 saturated carbocycles. The molecule has 0 saturated heterocycles. The second-order valence-electron chi connectivity index (χ2n) is 4.59. The summed E-state index contributed by atoms with van der Waals surface area (Å²) in [5.41, 5.74) is 1.12. The summed E-state index contributed by atoms with van der Waals surface area (Å²) in [6, 6.07) is 1.67. The van der Waals surface area contributed by atoms with Crippen LogP contribution in [0.2, 0.25) is 0 Å². The van der Waals surface area contributed by atoms with E-state index >= 15 is 0 Å². The van der Waals surface area contributed by atoms with E-state index in [0.717, 1.165) is 18.5 Å². The van der Waals surface area contributed by atoms with E-state index in [1.165, 1.54) is 0 Å². The number of hydrogen-bond acceptors (Lipinski definition) is 6. The highest BCUT2D eigenvalue weighted by Crippen LogP contribution is 2.05. The molecule has 0 aliphatic carbocycles. The zero-order chi connectivity index (χ0) is 15.5. The largest absolute Gasteiger partial charge is 0.385 e. The number of amides is 1. The Labute approximate surface area is 125 Å². The lowest BCUT2D eigenvalue weighted by Crippen LogP contribution is -2.26. The first-order valence-corrected chi connectivity index (χ1v) is 7.03. The van der Waals surface area contributed by atoms with Crippen LogP contribution >= 0.6 is 0 Å². The molecule has 0 radical (unpaired) electrons. The number of carbonyl (C=O) groups excluding carboxylic acids is 1. The number of hydrogen-bond donors (Lipinski definition) is 2. The van der Waals surface area contributed by atoms with E-state index < -0.39 is 0 Å². The van der Waals surface area contributed by atoms with Crippen molar-refractivity contribution in [2.45, 2.75) is 19.8 Å². The monoisotopic (exact) mass is 296 g/mol. The standard InChI is InChI=1S/C14H24N4O3/c1-11-10-12(13(19)15-6-4-8-20-2)18-14(17-11)16-7-5-9-21-3/h10H,4-9H2,1-3H3,(H,15,19)(H,16,17,18). The van der Waals surface area contributed by atoms with Crippen molar-refractivity contribution in [2.75, 3.05) is 45.8 Å². The van der Waals surface area contributed by atoms with Crippen LogP contribution < -0.4 is 10.6 Å². The Balaban J connectivity index is 2.53. The summed E-state index contributed by atoms with van der Waals surface area (Å²) in [6.07, 6.45) is 1.63. The van der Waals surface area contributed by atoms with Crippen LogP contribution in [0.15, 0.2) is 6.07 Å². The SMILES string of the molecule is COCCCNC(=O)c1cc(C)nc(NCCCOC)n1. The number of nitrogens with one attached hydrogen (secondary N) is 2. The van der Waals surface area contributed by atoms with Crippen LogP contribution in [0.5, 0.6) is 0 Å². The molecular formula is C14H24N4O3. The maximum absolute atomic E-state index is 12.0. The molecule has 1 rings (SSSR count). The highest BCUT2D eigenvalue weighted by molar-refractivity contribution is 5.92. The summed E-state index contributed by atoms with van der Waals surface area (Å²) >= 11 is 0. The van der Waals surface area contributed by atoms with Gasteiger partial charge in [0.15, 0.2) is 0 Å². The van der Waals surface area contributed by atoms with Crippen molar-refractivity contribution in [1.82, 2.24) is 15.3 Å². The van der Waals surface area contributed by atoms with E-state index in [-0.39, 0.29) is 5.91 Å². The highest BCUT2D eigenvalue weighted by Gasteiger charge is 2.09. The van der Waals surface area contributed by atoms with Gasteiger partial charge in [-0.1, -0.05) is 0 Å². The van der Waals surface area contributed by atoms with Gasteiger partial charge in [-0.25, -0.2) is 9.97 Å². The first-order chi connectivity index (χ1) is 10.2. The average molecular weight is 296 g/mol. The fourth-order valence-electron chi connectivity index (χ4n) is 1.69. The predicted octanol–water partition coefficient (Wildman–Crippen LogP) is 1.000. The number of aromatic nitrogens is 2. The topological polar surface area (TPSA) is 85.4 Å². The van der Waals surface area contributed by atoms with E-state index in [9.17, 15) is 4.79 Å². The van der Waals surface area contributed by atoms with Gasteiger partial charge in [-0.2, -0.15) is 0 Å². The lowest BCUT2D eigenvalue weighted by Gasteiger charge is -2.08. The minimum atomic E-state index is -0.198. The molecule has 1 aromatic heterocycles. The first kappa shape index (κ1) is 17.3. The summed E-state index contributed by atoms with van der Waals surface area (Å²) < 4.78 is 9.91. The normalized spacial score (nSPS) is 10.4. The van der Waals surface area contributed by atoms with Crippen LogP contribution in [0.25, 0.3) is 0 Å². The number of rotatable bonds is 10. The zero-order valence-corrected chi connectivity index (χ0v) is 12.9. The Morgan fingerprint density at radius 3 is 2.48 bits per heavy atom. The molecule has 0 unspecified atom stereocenters. The fraction of sp³-hybridized carbons (Fsp3) is 0.643. The number of ether oxygens (including phenoxy) is 2. The Morgan fingerprint density at radius 2 is 1.81 bits per heavy atom. The van der Waals surface area contributed by atoms with Gasteiger partial charge in [0, 0.05) is 46.2 Å². The van der Waals surface area contributed by atoms with E-state index in [4.69, 9.17) is 9.47 Å². The van der Waals surface area contributed by atoms with Crippen LogP contribution in [0, 0.1) is 6.92 Å². The molecule has 2 N–H and O–H groups in total. The van der Waals surface area contributed by atoms with Gasteiger partial charge >= 0.3 is 0 Å². The molecule has 0 atom stereocenters. The zero-order valence-electron chi connectivity index (χ0n) is 12.9. The Hall–Kier alpha value is -1.73. The lowest BCUT2D eigenvalue weighted by atomic mass is 10.3. The van der Waals surface area contributed by atoms with E-state index in [2.05, 4.69) is 20.6 Å². The maximum Gasteiger partial charge on any atom is 0.270 e. The number of methoxy groups -OCH3 is 2. The van der Waals surface area contributed by atoms with E-state index in [1.54, 1.807) is 20.3 Å². The number of nitrogens with zero attached hydrogens (tertiary/aromatic N) is 2. The summed E-state index contributed by atoms with van der Waals surface area (Å²) in [7, 11) is 3.30. The van der Waals surface area contributed by atoms with Crippen molar-refractivity contribution < 1.29 is 14.3 Å². The van der Waals surface area contributed by atoms with Crippen molar-refractivity contribution in [3.8, 4) is 0 Å². The second kappa shape index (κ2) is 10.1. The van der Waals surface area contributed by atoms with Crippen LogP contribution in [0.3, 0.4) is 0 Å². The third-order valence-electron chi connectivity index (χ3n) is 2.71. The minimum Gasteiger partial charge on any atom is -0.385 e. The second-order valence-corrected chi connectivity index (χ2v) is 4.59. The van der Waals surface area contributed by atoms with Crippen molar-refractivity contribution >= 4 is 11.9 Å². The molecule has 0 aromatic carbocycles. The molecule has 1 amide bonds. The van der Waals surface area contributed by atoms with Gasteiger partial charge in [0.25, 0.3) is 5.91 Å². The van der Waals surface area contributed by atoms with Crippen LogP contribution in [0.4, 0.5) is 5.95 Å². The summed E-state index contributed by atoms with van der Waals surface area (Å²) in [5.74, 6) is 0.268. The molecular weight excluding hydrogens is 272 g/mol. The third kappa shape index (κ3) is 7.01. The highest BCUT2D eigenvalue weighted by atomic mass is 16.5. The van der Waals surface area contributed by atoms with Crippen molar-refractivity contribution in [2.24, 2.45) is 0 Å². The van der Waals surface area contributed by atoms with Crippen LogP contribution in [-0.4, -0.2) is 56.4 Å². The lowest BCUT2D eigenvalue weighted by molar-refractivity contribution is 0.0943. The maximum atomic E-state index is 12.0. The van der Waals surface area contributed by atoms with Gasteiger partial charge in [-0.05, 0) is 25.8 Å². The Kier molecular flexibility index (Phi) is 8.30. The molecule has 21 heavy (non-hydrogen) atoms. The summed E-state index contributed by atoms with van der Waals surface area (Å²) in [6.45, 7) is 4.39. The van der Waals surface area contributed by atoms with Gasteiger partial charge in [0.1, 0.15) is 5.69 Å². The quantitative estimate of drug-likeness (QED) is 0.627. The smallest absolute Gasteiger partial charge is 0.270 e. The van der Waals surface area contributed by atoms with Crippen molar-refractivity contribution in [3.63, 3.8) is 0 Å². The van der Waals surface area contributed by atoms with Gasteiger partial charge < -0.3 is 20.1 Å². The van der Waals surface area contributed by atoms with Gasteiger partial charge in [-0.15, -0.1) is 0 Å². The van der Waals surface area contributed by atoms with E-state index in [1.807, 2.05) is 6.92 Å². The molecule has 1 aromatic rings. The predicted molar refractivity (Wildman–Crippen MR) is 80.6 cm³/mol. The minimum absolute atomic E-state index is 0.198. The molecule has 118 valence electrons. The van der Waals surface area contributed by atoms with Gasteiger partial charge in [0.2, 0.25) is 5.95 Å². The van der Waals surface area contributed by atoms with Crippen molar-refractivity contribution in [1.29, 1.82) is 0 Å². The summed E-state index contributed by atoms with van der Waals surface area (Å²) in [5, 5.41) is 5.90. The van der Waals surface area contributed by atoms with Crippen LogP contribution in [-0.2, 0) is 9.47 Å². The molecule has 7 nitrogen and oxygen atoms in total. The Morgan fingerprint density at radius 1 is 1.14 bits per heavy atom. The average Bonchev–Trinajstić information content (AvgIpc) is 2.47. The molecule has 0 fully saturated rings. The Bertz CT molecular complexity index is 440. The summed E-state index contributed by atoms with van der Waals surface area (Å²) in [4.78, 5) is 20.5. The van der Waals surface area contributed by atoms with Crippen LogP contribution in [0.1, 0.15) is 29.0 Å². The molecule has 1 heterocycles. The number of aryl methyl sites for hydroxylation is 1. The molecule has 0 spiro atoms.